The number of hydrogen-bond acceptors (Lipinski definition) is 3. The van der Waals surface area contributed by atoms with E-state index in [1.807, 2.05) is 48.5 Å². The number of anilines is 1. The van der Waals surface area contributed by atoms with Crippen molar-refractivity contribution in [2.24, 2.45) is 0 Å². The minimum atomic E-state index is -1.11. The van der Waals surface area contributed by atoms with Gasteiger partial charge in [0, 0.05) is 19.3 Å². The van der Waals surface area contributed by atoms with Crippen LogP contribution < -0.4 is 10.2 Å². The molecule has 0 aliphatic heterocycles. The second-order valence-corrected chi connectivity index (χ2v) is 6.33. The molecule has 2 aromatic carbocycles. The molecule has 0 radical (unpaired) electrons. The molecule has 2 amide bonds. The van der Waals surface area contributed by atoms with Crippen molar-refractivity contribution >= 4 is 23.8 Å². The lowest BCUT2D eigenvalue weighted by molar-refractivity contribution is -0.135. The first-order valence-corrected chi connectivity index (χ1v) is 9.17. The molecule has 0 unspecified atom stereocenters. The summed E-state index contributed by atoms with van der Waals surface area (Å²) in [4.78, 5) is 24.9. The van der Waals surface area contributed by atoms with E-state index in [0.29, 0.717) is 6.54 Å². The van der Waals surface area contributed by atoms with Crippen LogP contribution in [-0.4, -0.2) is 37.8 Å². The lowest BCUT2D eigenvalue weighted by atomic mass is 10.0. The molecule has 28 heavy (non-hydrogen) atoms. The van der Waals surface area contributed by atoms with Crippen LogP contribution in [0.25, 0.3) is 17.2 Å². The van der Waals surface area contributed by atoms with Crippen LogP contribution in [0.3, 0.4) is 0 Å². The molecule has 0 heterocycles. The van der Waals surface area contributed by atoms with Gasteiger partial charge in [-0.05, 0) is 41.3 Å². The lowest BCUT2D eigenvalue weighted by Crippen LogP contribution is -2.37. The summed E-state index contributed by atoms with van der Waals surface area (Å²) in [7, 11) is 3.07. The summed E-state index contributed by atoms with van der Waals surface area (Å²) in [5, 5.41) is 11.9. The summed E-state index contributed by atoms with van der Waals surface area (Å²) in [6, 6.07) is 15.0. The highest BCUT2D eigenvalue weighted by Crippen LogP contribution is 2.25. The molecule has 0 saturated heterocycles. The lowest BCUT2D eigenvalue weighted by Gasteiger charge is -2.19. The van der Waals surface area contributed by atoms with Gasteiger partial charge in [-0.3, -0.25) is 4.90 Å². The van der Waals surface area contributed by atoms with Gasteiger partial charge in [0.25, 0.3) is 0 Å². The second-order valence-electron chi connectivity index (χ2n) is 6.33. The van der Waals surface area contributed by atoms with Gasteiger partial charge in [0.05, 0.1) is 7.11 Å². The monoisotopic (exact) mass is 382 g/mol. The summed E-state index contributed by atoms with van der Waals surface area (Å²) in [6.07, 6.45) is 3.45. The molecular formula is C22H26N2O4. The van der Waals surface area contributed by atoms with Gasteiger partial charge < -0.3 is 15.2 Å². The Morgan fingerprint density at radius 2 is 1.86 bits per heavy atom. The van der Waals surface area contributed by atoms with Crippen molar-refractivity contribution in [3.63, 3.8) is 0 Å². The number of rotatable bonds is 8. The average molecular weight is 382 g/mol. The normalized spacial score (nSPS) is 11.0. The van der Waals surface area contributed by atoms with Crippen LogP contribution in [0.1, 0.15) is 25.3 Å². The van der Waals surface area contributed by atoms with Crippen molar-refractivity contribution in [1.29, 1.82) is 0 Å². The number of carbonyl (C=O) groups excluding carboxylic acids is 1. The van der Waals surface area contributed by atoms with Gasteiger partial charge in [-0.1, -0.05) is 49.7 Å². The molecule has 0 aliphatic rings. The van der Waals surface area contributed by atoms with Gasteiger partial charge in [0.1, 0.15) is 0 Å². The Bertz CT molecular complexity index is 844. The Kier molecular flexibility index (Phi) is 7.63. The number of carbonyl (C=O) groups is 2. The predicted octanol–water partition coefficient (Wildman–Crippen LogP) is 4.37. The van der Waals surface area contributed by atoms with E-state index in [1.165, 1.54) is 13.2 Å². The first kappa shape index (κ1) is 21.0. The molecule has 2 rings (SSSR count). The van der Waals surface area contributed by atoms with Crippen LogP contribution >= 0.6 is 0 Å². The van der Waals surface area contributed by atoms with E-state index in [4.69, 9.17) is 9.84 Å². The predicted molar refractivity (Wildman–Crippen MR) is 111 cm³/mol. The zero-order valence-corrected chi connectivity index (χ0v) is 16.4. The first-order valence-electron chi connectivity index (χ1n) is 9.17. The first-order chi connectivity index (χ1) is 13.5. The largest absolute Gasteiger partial charge is 0.490 e. The molecular weight excluding hydrogens is 356 g/mol. The van der Waals surface area contributed by atoms with E-state index in [0.717, 1.165) is 35.2 Å². The number of carboxylic acid groups (broad SMARTS) is 1. The molecule has 148 valence electrons. The molecule has 0 saturated carbocycles. The Labute approximate surface area is 165 Å². The van der Waals surface area contributed by atoms with Gasteiger partial charge in [-0.2, -0.15) is 0 Å². The van der Waals surface area contributed by atoms with Crippen molar-refractivity contribution in [2.75, 3.05) is 25.6 Å². The Morgan fingerprint density at radius 3 is 2.46 bits per heavy atom. The number of benzene rings is 2. The standard InChI is InChI=1S/C22H26N2O4/c1-4-5-13-23-22(27)24(2)19-8-6-7-18(15-19)17-11-9-16(10-12-17)14-20(28-3)21(25)26/h6-12,14-15H,4-5,13H2,1-3H3,(H,23,27)(H,25,26)/b20-14+. The van der Waals surface area contributed by atoms with Crippen molar-refractivity contribution in [3.05, 3.63) is 59.9 Å². The number of hydrogen-bond donors (Lipinski definition) is 2. The van der Waals surface area contributed by atoms with E-state index in [1.54, 1.807) is 11.9 Å². The summed E-state index contributed by atoms with van der Waals surface area (Å²) in [5.74, 6) is -1.23. The highest BCUT2D eigenvalue weighted by atomic mass is 16.5. The molecule has 0 spiro atoms. The van der Waals surface area contributed by atoms with Crippen molar-refractivity contribution in [1.82, 2.24) is 5.32 Å². The topological polar surface area (TPSA) is 78.9 Å². The molecule has 0 bridgehead atoms. The third kappa shape index (κ3) is 5.61. The number of nitrogens with one attached hydrogen (secondary N) is 1. The van der Waals surface area contributed by atoms with Gasteiger partial charge in [0.2, 0.25) is 5.76 Å². The van der Waals surface area contributed by atoms with Crippen LogP contribution in [0.4, 0.5) is 10.5 Å². The van der Waals surface area contributed by atoms with Crippen LogP contribution in [0, 0.1) is 0 Å². The average Bonchev–Trinajstić information content (AvgIpc) is 2.71. The third-order valence-corrected chi connectivity index (χ3v) is 4.32. The molecule has 0 atom stereocenters. The van der Waals surface area contributed by atoms with E-state index in [9.17, 15) is 9.59 Å². The maximum Gasteiger partial charge on any atom is 0.371 e. The third-order valence-electron chi connectivity index (χ3n) is 4.32. The highest BCUT2D eigenvalue weighted by molar-refractivity contribution is 5.92. The fourth-order valence-corrected chi connectivity index (χ4v) is 2.63. The quantitative estimate of drug-likeness (QED) is 0.404. The van der Waals surface area contributed by atoms with Crippen LogP contribution in [0.2, 0.25) is 0 Å². The van der Waals surface area contributed by atoms with Crippen molar-refractivity contribution in [2.45, 2.75) is 19.8 Å². The van der Waals surface area contributed by atoms with Gasteiger partial charge in [0.15, 0.2) is 0 Å². The van der Waals surface area contributed by atoms with Gasteiger partial charge in [-0.15, -0.1) is 0 Å². The number of unbranched alkanes of at least 4 members (excludes halogenated alkanes) is 1. The minimum Gasteiger partial charge on any atom is -0.490 e. The van der Waals surface area contributed by atoms with E-state index in [-0.39, 0.29) is 11.8 Å². The molecule has 0 fully saturated rings. The van der Waals surface area contributed by atoms with Gasteiger partial charge in [-0.25, -0.2) is 9.59 Å². The summed E-state index contributed by atoms with van der Waals surface area (Å²) >= 11 is 0. The minimum absolute atomic E-state index is 0.120. The van der Waals surface area contributed by atoms with Crippen molar-refractivity contribution < 1.29 is 19.4 Å². The SMILES string of the molecule is CCCCNC(=O)N(C)c1cccc(-c2ccc(/C=C(/OC)C(=O)O)cc2)c1. The number of aliphatic carboxylic acids is 1. The second kappa shape index (κ2) is 10.2. The van der Waals surface area contributed by atoms with E-state index >= 15 is 0 Å². The number of ether oxygens (including phenoxy) is 1. The number of urea groups is 1. The fraction of sp³-hybridized carbons (Fsp3) is 0.273. The van der Waals surface area contributed by atoms with E-state index < -0.39 is 5.97 Å². The van der Waals surface area contributed by atoms with Crippen LogP contribution in [0.5, 0.6) is 0 Å². The number of amides is 2. The number of methoxy groups -OCH3 is 1. The maximum atomic E-state index is 12.2. The smallest absolute Gasteiger partial charge is 0.371 e. The fourth-order valence-electron chi connectivity index (χ4n) is 2.63. The van der Waals surface area contributed by atoms with Crippen LogP contribution in [0.15, 0.2) is 54.3 Å². The maximum absolute atomic E-state index is 12.2. The zero-order valence-electron chi connectivity index (χ0n) is 16.4. The zero-order chi connectivity index (χ0) is 20.5. The Morgan fingerprint density at radius 1 is 1.14 bits per heavy atom. The molecule has 6 heteroatoms. The van der Waals surface area contributed by atoms with Crippen LogP contribution in [-0.2, 0) is 9.53 Å². The molecule has 0 aromatic heterocycles. The van der Waals surface area contributed by atoms with Gasteiger partial charge >= 0.3 is 12.0 Å². The Balaban J connectivity index is 2.17. The molecule has 2 N–H and O–H groups in total. The van der Waals surface area contributed by atoms with E-state index in [2.05, 4.69) is 12.2 Å². The Hall–Kier alpha value is -3.28. The highest BCUT2D eigenvalue weighted by Gasteiger charge is 2.11. The molecule has 0 aliphatic carbocycles. The summed E-state index contributed by atoms with van der Waals surface area (Å²) in [6.45, 7) is 2.74. The number of carboxylic acids is 1. The van der Waals surface area contributed by atoms with Crippen molar-refractivity contribution in [3.8, 4) is 11.1 Å². The summed E-state index contributed by atoms with van der Waals surface area (Å²) in [5.41, 5.74) is 3.45. The molecule has 6 nitrogen and oxygen atoms in total. The number of nitrogens with zero attached hydrogens (tertiary/aromatic N) is 1. The molecule has 2 aromatic rings. The summed E-state index contributed by atoms with van der Waals surface area (Å²) < 4.78 is 4.85.